The molecule has 0 bridgehead atoms. The fourth-order valence-electron chi connectivity index (χ4n) is 12.9. The molecule has 0 aliphatic carbocycles. The maximum Gasteiger partial charge on any atom is 0.246 e. The van der Waals surface area contributed by atoms with Crippen LogP contribution in [0.15, 0.2) is 12.2 Å². The Morgan fingerprint density at radius 3 is 1.57 bits per heavy atom. The minimum Gasteiger partial charge on any atom is -0.390 e. The number of methoxy groups -OCH3 is 1. The molecule has 5 N–H and O–H groups in total. The summed E-state index contributed by atoms with van der Waals surface area (Å²) in [5.74, 6) is -9.68. The van der Waals surface area contributed by atoms with Crippen LogP contribution in [-0.2, 0) is 57.5 Å². The van der Waals surface area contributed by atoms with Gasteiger partial charge in [0.05, 0.1) is 18.8 Å². The molecule has 26 heteroatoms. The van der Waals surface area contributed by atoms with E-state index in [4.69, 9.17) is 4.74 Å². The summed E-state index contributed by atoms with van der Waals surface area (Å²) in [6.07, 6.45) is 3.89. The Bertz CT molecular complexity index is 2620. The Labute approximate surface area is 575 Å². The van der Waals surface area contributed by atoms with E-state index in [0.717, 1.165) is 16.3 Å². The predicted octanol–water partition coefficient (Wildman–Crippen LogP) is 2.90. The molecule has 2 saturated heterocycles. The highest BCUT2D eigenvalue weighted by Crippen LogP contribution is 2.29. The molecule has 0 aromatic heterocycles. The highest BCUT2D eigenvalue weighted by Gasteiger charge is 2.50. The minimum absolute atomic E-state index is 0.0135. The highest BCUT2D eigenvalue weighted by molar-refractivity contribution is 5.99. The van der Waals surface area contributed by atoms with Gasteiger partial charge in [-0.25, -0.2) is 0 Å². The second-order valence-electron chi connectivity index (χ2n) is 29.2. The van der Waals surface area contributed by atoms with Crippen LogP contribution in [-0.4, -0.2) is 289 Å². The zero-order chi connectivity index (χ0) is 73.7. The number of hydrogen-bond acceptors (Lipinski definition) is 16. The van der Waals surface area contributed by atoms with E-state index < -0.39 is 155 Å². The normalized spacial score (nSPS) is 28.3. The molecule has 2 aliphatic rings. The number of ether oxygens (including phenoxy) is 1. The Balaban J connectivity index is 3.13. The van der Waals surface area contributed by atoms with Crippen LogP contribution in [0.25, 0.3) is 0 Å². The van der Waals surface area contributed by atoms with E-state index >= 15 is 28.8 Å². The molecule has 2 rings (SSSR count). The first kappa shape index (κ1) is 86.0. The number of piperazine rings is 1. The van der Waals surface area contributed by atoms with Gasteiger partial charge in [-0.3, -0.25) is 63.0 Å². The lowest BCUT2D eigenvalue weighted by molar-refractivity contribution is -0.158. The number of allylic oxidation sites excluding steroid dienone is 2. The van der Waals surface area contributed by atoms with Crippen molar-refractivity contribution < 1.29 is 62.6 Å². The number of likely N-dealkylation sites (N-methyl/N-ethyl adjacent to an activating group) is 7. The molecule has 96 heavy (non-hydrogen) atoms. The van der Waals surface area contributed by atoms with E-state index in [0.29, 0.717) is 51.9 Å². The quantitative estimate of drug-likeness (QED) is 0.0816. The molecule has 0 aromatic carbocycles. The van der Waals surface area contributed by atoms with Gasteiger partial charge < -0.3 is 65.0 Å². The summed E-state index contributed by atoms with van der Waals surface area (Å²) >= 11 is 0. The van der Waals surface area contributed by atoms with Crippen LogP contribution >= 0.6 is 0 Å². The van der Waals surface area contributed by atoms with Gasteiger partial charge in [-0.1, -0.05) is 102 Å². The van der Waals surface area contributed by atoms with Gasteiger partial charge in [0, 0.05) is 102 Å². The first-order valence-electron chi connectivity index (χ1n) is 34.9. The average molecular weight is 1360 g/mol. The predicted molar refractivity (Wildman–Crippen MR) is 372 cm³/mol. The van der Waals surface area contributed by atoms with E-state index in [-0.39, 0.29) is 50.0 Å². The van der Waals surface area contributed by atoms with Crippen molar-refractivity contribution in [2.24, 2.45) is 41.4 Å². The number of aliphatic hydroxyl groups is 1. The van der Waals surface area contributed by atoms with Gasteiger partial charge in [0.15, 0.2) is 11.9 Å². The Kier molecular flexibility index (Phi) is 35.4. The summed E-state index contributed by atoms with van der Waals surface area (Å²) in [5.41, 5.74) is -1.96. The van der Waals surface area contributed by atoms with Crippen LogP contribution in [0, 0.1) is 41.4 Å². The topological polar surface area (TPSA) is 295 Å². The second-order valence-corrected chi connectivity index (χ2v) is 29.2. The molecule has 26 nitrogen and oxygen atoms in total. The van der Waals surface area contributed by atoms with Crippen LogP contribution in [0.2, 0.25) is 0 Å². The number of aldehydes is 1. The molecule has 0 radical (unpaired) electrons. The van der Waals surface area contributed by atoms with Crippen molar-refractivity contribution in [1.29, 1.82) is 0 Å². The first-order chi connectivity index (χ1) is 44.6. The minimum atomic E-state index is -1.96. The van der Waals surface area contributed by atoms with Crippen LogP contribution in [0.3, 0.4) is 0 Å². The van der Waals surface area contributed by atoms with Crippen molar-refractivity contribution in [1.82, 2.24) is 65.4 Å². The molecule has 0 aromatic rings. The smallest absolute Gasteiger partial charge is 0.246 e. The van der Waals surface area contributed by atoms with Gasteiger partial charge in [-0.2, -0.15) is 0 Å². The monoisotopic (exact) mass is 1360 g/mol. The van der Waals surface area contributed by atoms with Crippen LogP contribution in [0.4, 0.5) is 0 Å². The van der Waals surface area contributed by atoms with Crippen molar-refractivity contribution in [2.75, 3.05) is 102 Å². The number of carbonyl (C=O) groups is 11. The number of amides is 10. The standard InChI is InChI=1S/C70H127N13O13/c1-26-28-29-47(13)59(85)58-62(88)73-52(27-2)65(91)75(18)51(17)64(90)81(24)70(41-84,48(14)40-83-34-32-82(33-35-83)36-37-96-25)74-56(45(9)10)68(94)77(20)54(38-43(5)6)61(87)71-49(15)60(86)72-50(16)63(89)78(21)55(39-44(7)8)67(93)76(19)53(31-30-42(3)4)66(92)79(22)57(46(11)12)69(95)80(58)23/h26,28,41-59,74,85H,27,29-40H2,1-25H3,(H,71,87)(H,72,86)(H,73,88)/b28-26+/t47-,48-,49+,50-,51-,52+,53+,54+,55+,56+,57+,58+,59-,70-/m1/s1. The molecule has 2 aliphatic heterocycles. The van der Waals surface area contributed by atoms with Gasteiger partial charge in [-0.15, -0.1) is 0 Å². The van der Waals surface area contributed by atoms with Gasteiger partial charge in [-0.05, 0) is 102 Å². The Morgan fingerprint density at radius 1 is 0.562 bits per heavy atom. The van der Waals surface area contributed by atoms with Crippen LogP contribution in [0.5, 0.6) is 0 Å². The second kappa shape index (κ2) is 39.5. The SMILES string of the molecule is C/C=C/C[C@@H](C)[C@@H](O)[C@H]1C(=O)N[C@@H](CC)C(=O)N(C)[C@H](C)C(=O)N(C)[C@](C=O)([C@H](C)CN2CCN(CCOC)CC2)N[C@@H](C(C)C)C(=O)N(C)[C@@H](CC(C)C)C(=O)N[C@@H](C)C(=O)N[C@H](C)C(=O)N(C)[C@@H](CC(C)C)C(=O)N(C)[C@@H](CCC(C)C)C(=O)N(C)[C@@H](C(C)C)C(=O)N1C. The fourth-order valence-corrected chi connectivity index (χ4v) is 12.9. The molecule has 2 heterocycles. The summed E-state index contributed by atoms with van der Waals surface area (Å²) in [7, 11) is 11.7. The molecular formula is C70H127N13O13. The van der Waals surface area contributed by atoms with Crippen LogP contribution < -0.4 is 21.3 Å². The summed E-state index contributed by atoms with van der Waals surface area (Å²) in [5, 5.41) is 23.9. The molecule has 550 valence electrons. The maximum atomic E-state index is 15.4. The number of carbonyl (C=O) groups excluding carboxylic acids is 11. The van der Waals surface area contributed by atoms with Gasteiger partial charge >= 0.3 is 0 Å². The van der Waals surface area contributed by atoms with Gasteiger partial charge in [0.25, 0.3) is 0 Å². The molecule has 0 saturated carbocycles. The number of rotatable bonds is 21. The van der Waals surface area contributed by atoms with Crippen molar-refractivity contribution in [3.8, 4) is 0 Å². The van der Waals surface area contributed by atoms with Gasteiger partial charge in [0.1, 0.15) is 54.4 Å². The number of aliphatic hydroxyl groups excluding tert-OH is 1. The lowest BCUT2D eigenvalue weighted by atomic mass is 9.88. The van der Waals surface area contributed by atoms with Crippen molar-refractivity contribution >= 4 is 65.4 Å². The van der Waals surface area contributed by atoms with E-state index in [1.54, 1.807) is 68.6 Å². The van der Waals surface area contributed by atoms with E-state index in [2.05, 4.69) is 31.1 Å². The lowest BCUT2D eigenvalue weighted by Crippen LogP contribution is -2.72. The molecule has 0 unspecified atom stereocenters. The Morgan fingerprint density at radius 2 is 1.07 bits per heavy atom. The van der Waals surface area contributed by atoms with E-state index in [9.17, 15) is 29.1 Å². The third-order valence-electron chi connectivity index (χ3n) is 19.6. The van der Waals surface area contributed by atoms with E-state index in [1.165, 1.54) is 94.6 Å². The first-order valence-corrected chi connectivity index (χ1v) is 34.9. The summed E-state index contributed by atoms with van der Waals surface area (Å²) in [6.45, 7) is 34.0. The summed E-state index contributed by atoms with van der Waals surface area (Å²) in [6, 6.07) is -12.8. The number of nitrogens with one attached hydrogen (secondary N) is 4. The lowest BCUT2D eigenvalue weighted by Gasteiger charge is -2.48. The zero-order valence-corrected chi connectivity index (χ0v) is 63.2. The molecule has 10 amide bonds. The third-order valence-corrected chi connectivity index (χ3v) is 19.6. The van der Waals surface area contributed by atoms with E-state index in [1.807, 2.05) is 47.6 Å². The summed E-state index contributed by atoms with van der Waals surface area (Å²) in [4.78, 5) is 177. The zero-order valence-electron chi connectivity index (χ0n) is 63.2. The van der Waals surface area contributed by atoms with Crippen molar-refractivity contribution in [3.05, 3.63) is 12.2 Å². The van der Waals surface area contributed by atoms with Crippen molar-refractivity contribution in [3.63, 3.8) is 0 Å². The van der Waals surface area contributed by atoms with Crippen molar-refractivity contribution in [2.45, 2.75) is 228 Å². The molecular weight excluding hydrogens is 1230 g/mol. The molecule has 14 atom stereocenters. The summed E-state index contributed by atoms with van der Waals surface area (Å²) < 4.78 is 5.33. The molecule has 0 spiro atoms. The number of nitrogens with zero attached hydrogens (tertiary/aromatic N) is 9. The largest absolute Gasteiger partial charge is 0.390 e. The maximum absolute atomic E-state index is 15.4. The average Bonchev–Trinajstić information content (AvgIpc) is 0.779. The highest BCUT2D eigenvalue weighted by atomic mass is 16.5. The van der Waals surface area contributed by atoms with Gasteiger partial charge in [0.2, 0.25) is 59.1 Å². The third kappa shape index (κ3) is 22.7. The number of hydrogen-bond donors (Lipinski definition) is 5. The Hall–Kier alpha value is -6.09. The van der Waals surface area contributed by atoms with Crippen LogP contribution in [0.1, 0.15) is 156 Å². The molecule has 2 fully saturated rings. The fraction of sp³-hybridized carbons (Fsp3) is 0.814.